The lowest BCUT2D eigenvalue weighted by Crippen LogP contribution is -2.35. The van der Waals surface area contributed by atoms with Crippen molar-refractivity contribution in [3.8, 4) is 0 Å². The zero-order valence-electron chi connectivity index (χ0n) is 14.7. The third-order valence-corrected chi connectivity index (χ3v) is 4.75. The van der Waals surface area contributed by atoms with E-state index in [0.717, 1.165) is 31.2 Å². The molecule has 3 rings (SSSR count). The molecule has 1 aromatic rings. The summed E-state index contributed by atoms with van der Waals surface area (Å²) in [7, 11) is 5.76. The van der Waals surface area contributed by atoms with Crippen LogP contribution < -0.4 is 15.5 Å². The fourth-order valence-electron chi connectivity index (χ4n) is 3.22. The Morgan fingerprint density at radius 3 is 3.08 bits per heavy atom. The van der Waals surface area contributed by atoms with Crippen LogP contribution in [0, 0.1) is 0 Å². The summed E-state index contributed by atoms with van der Waals surface area (Å²) in [5.74, 6) is 2.54. The molecule has 1 atom stereocenters. The van der Waals surface area contributed by atoms with E-state index in [1.807, 2.05) is 26.4 Å². The smallest absolute Gasteiger partial charge is 0.224 e. The third kappa shape index (κ3) is 3.06. The Hall–Kier alpha value is -2.57. The summed E-state index contributed by atoms with van der Waals surface area (Å²) < 4.78 is 0. The summed E-state index contributed by atoms with van der Waals surface area (Å²) in [6.45, 7) is 4.19. The first-order valence-corrected chi connectivity index (χ1v) is 8.23. The summed E-state index contributed by atoms with van der Waals surface area (Å²) in [5.41, 5.74) is 2.45. The van der Waals surface area contributed by atoms with Crippen molar-refractivity contribution in [3.63, 3.8) is 0 Å². The molecule has 0 aromatic carbocycles. The molecule has 3 heterocycles. The molecule has 7 nitrogen and oxygen atoms in total. The quantitative estimate of drug-likeness (QED) is 0.872. The molecular weight excluding hydrogens is 302 g/mol. The van der Waals surface area contributed by atoms with Gasteiger partial charge in [-0.05, 0) is 25.5 Å². The van der Waals surface area contributed by atoms with E-state index in [9.17, 15) is 0 Å². The average Bonchev–Trinajstić information content (AvgIpc) is 3.29. The van der Waals surface area contributed by atoms with Crippen molar-refractivity contribution in [1.82, 2.24) is 20.2 Å². The van der Waals surface area contributed by atoms with Crippen molar-refractivity contribution in [2.24, 2.45) is 4.99 Å². The highest BCUT2D eigenvalue weighted by Crippen LogP contribution is 2.25. The van der Waals surface area contributed by atoms with E-state index in [1.165, 1.54) is 11.3 Å². The van der Waals surface area contributed by atoms with Crippen LogP contribution in [0.2, 0.25) is 0 Å². The Morgan fingerprint density at radius 2 is 2.33 bits per heavy atom. The maximum atomic E-state index is 4.54. The number of aromatic nitrogens is 2. The van der Waals surface area contributed by atoms with Gasteiger partial charge in [0.15, 0.2) is 0 Å². The number of hydrogen-bond acceptors (Lipinski definition) is 6. The Balaban J connectivity index is 1.73. The van der Waals surface area contributed by atoms with Crippen molar-refractivity contribution in [1.29, 1.82) is 0 Å². The summed E-state index contributed by atoms with van der Waals surface area (Å²) in [6.07, 6.45) is 6.94. The predicted octanol–water partition coefficient (Wildman–Crippen LogP) is 1.45. The monoisotopic (exact) mass is 327 g/mol. The van der Waals surface area contributed by atoms with E-state index in [-0.39, 0.29) is 0 Å². The van der Waals surface area contributed by atoms with Gasteiger partial charge in [0.1, 0.15) is 11.7 Å². The number of allylic oxidation sites excluding steroid dienone is 1. The van der Waals surface area contributed by atoms with E-state index in [1.54, 1.807) is 6.20 Å². The van der Waals surface area contributed by atoms with Gasteiger partial charge in [-0.3, -0.25) is 4.99 Å². The van der Waals surface area contributed by atoms with Gasteiger partial charge in [0.05, 0.1) is 0 Å². The Labute approximate surface area is 143 Å². The molecule has 7 heteroatoms. The van der Waals surface area contributed by atoms with E-state index >= 15 is 0 Å². The lowest BCUT2D eigenvalue weighted by molar-refractivity contribution is 0.417. The molecule has 1 aromatic heterocycles. The van der Waals surface area contributed by atoms with E-state index < -0.39 is 0 Å². The molecule has 0 radical (unpaired) electrons. The largest absolute Gasteiger partial charge is 0.372 e. The van der Waals surface area contributed by atoms with Gasteiger partial charge in [-0.15, -0.1) is 0 Å². The van der Waals surface area contributed by atoms with Crippen LogP contribution in [-0.4, -0.2) is 61.0 Å². The van der Waals surface area contributed by atoms with Crippen molar-refractivity contribution < 1.29 is 0 Å². The fraction of sp³-hybridized carbons (Fsp3) is 0.471. The minimum Gasteiger partial charge on any atom is -0.372 e. The number of amidine groups is 1. The number of hydrogen-bond donors (Lipinski definition) is 2. The van der Waals surface area contributed by atoms with Crippen LogP contribution >= 0.6 is 0 Å². The molecule has 2 aliphatic rings. The molecule has 0 saturated carbocycles. The van der Waals surface area contributed by atoms with Gasteiger partial charge in [-0.1, -0.05) is 0 Å². The van der Waals surface area contributed by atoms with Gasteiger partial charge in [-0.2, -0.15) is 4.98 Å². The number of nitrogens with one attached hydrogen (secondary N) is 2. The number of likely N-dealkylation sites (N-methyl/N-ethyl adjacent to an activating group) is 1. The second kappa shape index (κ2) is 6.90. The van der Waals surface area contributed by atoms with Crippen LogP contribution in [-0.2, 0) is 0 Å². The fourth-order valence-corrected chi connectivity index (χ4v) is 3.22. The predicted molar refractivity (Wildman–Crippen MR) is 98.3 cm³/mol. The molecule has 1 saturated heterocycles. The second-order valence-corrected chi connectivity index (χ2v) is 6.04. The minimum atomic E-state index is 0.431. The zero-order valence-corrected chi connectivity index (χ0v) is 14.7. The van der Waals surface area contributed by atoms with Crippen LogP contribution in [0.5, 0.6) is 0 Å². The molecule has 1 unspecified atom stereocenters. The molecule has 1 fully saturated rings. The molecular formula is C17H25N7. The van der Waals surface area contributed by atoms with Crippen LogP contribution in [0.25, 0.3) is 0 Å². The molecule has 0 aliphatic carbocycles. The number of rotatable bonds is 4. The molecule has 128 valence electrons. The van der Waals surface area contributed by atoms with Crippen molar-refractivity contribution in [2.45, 2.75) is 19.4 Å². The Kier molecular flexibility index (Phi) is 4.69. The van der Waals surface area contributed by atoms with Crippen LogP contribution in [0.1, 0.15) is 13.3 Å². The molecule has 0 spiro atoms. The first-order chi connectivity index (χ1) is 11.6. The highest BCUT2D eigenvalue weighted by Gasteiger charge is 2.28. The van der Waals surface area contributed by atoms with Gasteiger partial charge in [0.2, 0.25) is 5.95 Å². The van der Waals surface area contributed by atoms with Gasteiger partial charge >= 0.3 is 0 Å². The minimum absolute atomic E-state index is 0.431. The topological polar surface area (TPSA) is 68.7 Å². The first kappa shape index (κ1) is 16.3. The van der Waals surface area contributed by atoms with Gasteiger partial charge in [0.25, 0.3) is 0 Å². The number of aliphatic imine (C=N–C) groups is 1. The average molecular weight is 327 g/mol. The lowest BCUT2D eigenvalue weighted by Gasteiger charge is -2.27. The van der Waals surface area contributed by atoms with Crippen LogP contribution in [0.15, 0.2) is 40.8 Å². The summed E-state index contributed by atoms with van der Waals surface area (Å²) >= 11 is 0. The van der Waals surface area contributed by atoms with Crippen LogP contribution in [0.3, 0.4) is 0 Å². The van der Waals surface area contributed by atoms with E-state index in [4.69, 9.17) is 0 Å². The maximum Gasteiger partial charge on any atom is 0.224 e. The number of likely N-dealkylation sites (tertiary alicyclic amines) is 1. The SMILES string of the molecule is CN=C1NC=C/C1=C(/C)N1CCC(N(C)c2ccnc(NC)n2)C1. The van der Waals surface area contributed by atoms with Gasteiger partial charge in [0, 0.05) is 63.9 Å². The van der Waals surface area contributed by atoms with E-state index in [0.29, 0.717) is 12.0 Å². The zero-order chi connectivity index (χ0) is 17.1. The van der Waals surface area contributed by atoms with Crippen LogP contribution in [0.4, 0.5) is 11.8 Å². The molecule has 0 amide bonds. The lowest BCUT2D eigenvalue weighted by atomic mass is 10.2. The Bertz CT molecular complexity index is 692. The highest BCUT2D eigenvalue weighted by atomic mass is 15.3. The second-order valence-electron chi connectivity index (χ2n) is 6.04. The number of nitrogens with zero attached hydrogens (tertiary/aromatic N) is 5. The van der Waals surface area contributed by atoms with Gasteiger partial charge < -0.3 is 20.4 Å². The number of anilines is 2. The van der Waals surface area contributed by atoms with Crippen molar-refractivity contribution in [3.05, 3.63) is 35.8 Å². The summed E-state index contributed by atoms with van der Waals surface area (Å²) in [5, 5.41) is 6.18. The highest BCUT2D eigenvalue weighted by molar-refractivity contribution is 6.04. The molecule has 2 aliphatic heterocycles. The Morgan fingerprint density at radius 1 is 1.50 bits per heavy atom. The third-order valence-electron chi connectivity index (χ3n) is 4.75. The van der Waals surface area contributed by atoms with Crippen molar-refractivity contribution in [2.75, 3.05) is 44.4 Å². The first-order valence-electron chi connectivity index (χ1n) is 8.23. The standard InChI is InChI=1S/C17H25N7/c1-12(14-5-8-20-16(14)18-2)24-10-7-13(11-24)23(4)15-6-9-21-17(19-3)22-15/h5-6,8-9,13H,7,10-11H2,1-4H3,(H,18,20)(H,19,21,22)/b14-12+. The maximum absolute atomic E-state index is 4.54. The molecule has 0 bridgehead atoms. The molecule has 24 heavy (non-hydrogen) atoms. The molecule has 2 N–H and O–H groups in total. The van der Waals surface area contributed by atoms with Crippen molar-refractivity contribution >= 4 is 17.6 Å². The van der Waals surface area contributed by atoms with Gasteiger partial charge in [-0.25, -0.2) is 4.98 Å². The van der Waals surface area contributed by atoms with E-state index in [2.05, 4.69) is 55.4 Å². The summed E-state index contributed by atoms with van der Waals surface area (Å²) in [4.78, 5) is 17.7. The normalized spacial score (nSPS) is 23.6. The summed E-state index contributed by atoms with van der Waals surface area (Å²) in [6, 6.07) is 2.39.